The molecule has 0 spiro atoms. The molecule has 0 aromatic rings. The Morgan fingerprint density at radius 2 is 1.54 bits per heavy atom. The third-order valence-corrected chi connectivity index (χ3v) is 12.9. The molecule has 4 aliphatic carbocycles. The maximum absolute atomic E-state index is 13.6. The fourth-order valence-electron chi connectivity index (χ4n) is 9.97. The summed E-state index contributed by atoms with van der Waals surface area (Å²) in [5.74, 6) is -2.04. The lowest BCUT2D eigenvalue weighted by Gasteiger charge is -2.64. The second kappa shape index (κ2) is 13.3. The lowest BCUT2D eigenvalue weighted by atomic mass is 9.43. The van der Waals surface area contributed by atoms with Crippen molar-refractivity contribution in [1.29, 1.82) is 0 Å². The second-order valence-corrected chi connectivity index (χ2v) is 16.1. The number of hydrogen-bond acceptors (Lipinski definition) is 10. The Morgan fingerprint density at radius 1 is 0.913 bits per heavy atom. The summed E-state index contributed by atoms with van der Waals surface area (Å²) in [4.78, 5) is 49.0. The van der Waals surface area contributed by atoms with Gasteiger partial charge in [0.1, 0.15) is 18.3 Å². The van der Waals surface area contributed by atoms with E-state index in [0.29, 0.717) is 19.3 Å². The van der Waals surface area contributed by atoms with Gasteiger partial charge in [-0.1, -0.05) is 20.8 Å². The molecule has 0 heterocycles. The van der Waals surface area contributed by atoms with Gasteiger partial charge in [-0.15, -0.1) is 0 Å². The molecule has 11 unspecified atom stereocenters. The monoisotopic (exact) mass is 678 g/mol. The summed E-state index contributed by atoms with van der Waals surface area (Å²) in [7, 11) is -5.72. The summed E-state index contributed by atoms with van der Waals surface area (Å²) >= 11 is 0. The zero-order chi connectivity index (χ0) is 34.4. The summed E-state index contributed by atoms with van der Waals surface area (Å²) in [5, 5.41) is -4.61. The van der Waals surface area contributed by atoms with Gasteiger partial charge < -0.3 is 18.9 Å². The molecule has 0 bridgehead atoms. The van der Waals surface area contributed by atoms with Crippen LogP contribution in [-0.4, -0.2) is 67.0 Å². The Balaban J connectivity index is 1.58. The molecule has 1 N–H and O–H groups in total. The van der Waals surface area contributed by atoms with Gasteiger partial charge in [-0.2, -0.15) is 17.2 Å². The van der Waals surface area contributed by atoms with Crippen LogP contribution in [0.15, 0.2) is 0 Å². The topological polar surface area (TPSA) is 160 Å². The minimum Gasteiger partial charge on any atom is -0.463 e. The number of halogens is 2. The zero-order valence-corrected chi connectivity index (χ0v) is 28.3. The highest BCUT2D eigenvalue weighted by Crippen LogP contribution is 2.69. The Morgan fingerprint density at radius 3 is 2.13 bits per heavy atom. The van der Waals surface area contributed by atoms with E-state index in [0.717, 1.165) is 25.7 Å². The molecule has 0 aromatic carbocycles. The van der Waals surface area contributed by atoms with Crippen molar-refractivity contribution in [3.8, 4) is 0 Å². The molecular weight excluding hydrogens is 630 g/mol. The zero-order valence-electron chi connectivity index (χ0n) is 27.5. The normalized spacial score (nSPS) is 37.9. The third-order valence-electron chi connectivity index (χ3n) is 12.0. The van der Waals surface area contributed by atoms with Gasteiger partial charge in [-0.05, 0) is 86.4 Å². The first-order valence-electron chi connectivity index (χ1n) is 16.2. The van der Waals surface area contributed by atoms with Crippen molar-refractivity contribution in [1.82, 2.24) is 0 Å². The standard InChI is InChI=1S/C32H48F2O11S/c1-17(7-10-28(38)42-16-32(33,34)46(39,40)41)23-8-9-24-29-25(15-27(31(23,24)6)45-20(4)37)30(5)12-11-22(43-18(2)35)13-21(30)14-26(29)44-19(3)36/h17,21-27,29H,7-16H2,1-6H3,(H,39,40,41). The number of hydrogen-bond donors (Lipinski definition) is 1. The molecule has 0 aromatic heterocycles. The molecule has 14 heteroatoms. The summed E-state index contributed by atoms with van der Waals surface area (Å²) in [6.07, 6.45) is 3.94. The number of esters is 4. The van der Waals surface area contributed by atoms with Crippen LogP contribution < -0.4 is 0 Å². The van der Waals surface area contributed by atoms with E-state index in [1.165, 1.54) is 20.8 Å². The Hall–Kier alpha value is -2.35. The van der Waals surface area contributed by atoms with Gasteiger partial charge in [0, 0.05) is 38.5 Å². The molecule has 11 atom stereocenters. The fourth-order valence-corrected chi connectivity index (χ4v) is 10.2. The van der Waals surface area contributed by atoms with Crippen LogP contribution in [0.3, 0.4) is 0 Å². The summed E-state index contributed by atoms with van der Waals surface area (Å²) in [6.45, 7) is 8.74. The van der Waals surface area contributed by atoms with Crippen LogP contribution in [-0.2, 0) is 48.2 Å². The SMILES string of the molecule is CC(=O)OC1CCC2(C)C(C1)CC(OC(C)=O)C1C2CC(OC(C)=O)C2(C)C(C(C)CCC(=O)OCC(F)(F)S(=O)(=O)O)CCC12. The van der Waals surface area contributed by atoms with E-state index in [2.05, 4.69) is 18.6 Å². The molecule has 0 aliphatic heterocycles. The average molecular weight is 679 g/mol. The van der Waals surface area contributed by atoms with Crippen molar-refractivity contribution in [2.24, 2.45) is 46.3 Å². The van der Waals surface area contributed by atoms with Crippen LogP contribution in [0, 0.1) is 46.3 Å². The first-order chi connectivity index (χ1) is 21.2. The fraction of sp³-hybridized carbons (Fsp3) is 0.875. The summed E-state index contributed by atoms with van der Waals surface area (Å²) in [6, 6.07) is 0. The molecule has 46 heavy (non-hydrogen) atoms. The minimum atomic E-state index is -5.72. The molecular formula is C32H48F2O11S. The van der Waals surface area contributed by atoms with Crippen LogP contribution in [0.1, 0.15) is 99.3 Å². The van der Waals surface area contributed by atoms with E-state index in [1.54, 1.807) is 0 Å². The van der Waals surface area contributed by atoms with Gasteiger partial charge in [-0.25, -0.2) is 0 Å². The van der Waals surface area contributed by atoms with Crippen molar-refractivity contribution < 1.29 is 59.9 Å². The van der Waals surface area contributed by atoms with Crippen LogP contribution in [0.4, 0.5) is 8.78 Å². The van der Waals surface area contributed by atoms with Crippen molar-refractivity contribution in [3.05, 3.63) is 0 Å². The molecule has 4 rings (SSSR count). The van der Waals surface area contributed by atoms with Crippen molar-refractivity contribution in [2.45, 2.75) is 123 Å². The lowest BCUT2D eigenvalue weighted by Crippen LogP contribution is -2.63. The maximum Gasteiger partial charge on any atom is 0.402 e. The first kappa shape index (κ1) is 36.5. The van der Waals surface area contributed by atoms with Crippen LogP contribution in [0.2, 0.25) is 0 Å². The minimum absolute atomic E-state index is 0.00272. The van der Waals surface area contributed by atoms with Gasteiger partial charge in [0.25, 0.3) is 0 Å². The van der Waals surface area contributed by atoms with Crippen molar-refractivity contribution >= 4 is 34.0 Å². The molecule has 4 fully saturated rings. The highest BCUT2D eigenvalue weighted by molar-refractivity contribution is 7.86. The highest BCUT2D eigenvalue weighted by atomic mass is 32.2. The predicted molar refractivity (Wildman–Crippen MR) is 158 cm³/mol. The van der Waals surface area contributed by atoms with E-state index in [-0.39, 0.29) is 77.9 Å². The number of rotatable bonds is 10. The Labute approximate surface area is 269 Å². The number of alkyl halides is 2. The molecule has 11 nitrogen and oxygen atoms in total. The molecule has 0 saturated heterocycles. The third kappa shape index (κ3) is 7.07. The van der Waals surface area contributed by atoms with Gasteiger partial charge in [0.05, 0.1) is 0 Å². The van der Waals surface area contributed by atoms with E-state index in [1.807, 2.05) is 6.92 Å². The van der Waals surface area contributed by atoms with Crippen molar-refractivity contribution in [2.75, 3.05) is 6.61 Å². The van der Waals surface area contributed by atoms with Crippen LogP contribution >= 0.6 is 0 Å². The highest BCUT2D eigenvalue weighted by Gasteiger charge is 2.67. The second-order valence-electron chi connectivity index (χ2n) is 14.6. The van der Waals surface area contributed by atoms with E-state index in [4.69, 9.17) is 18.8 Å². The quantitative estimate of drug-likeness (QED) is 0.186. The van der Waals surface area contributed by atoms with Crippen LogP contribution in [0.25, 0.3) is 0 Å². The van der Waals surface area contributed by atoms with E-state index >= 15 is 0 Å². The van der Waals surface area contributed by atoms with E-state index < -0.39 is 45.4 Å². The number of fused-ring (bicyclic) bond motifs is 5. The summed E-state index contributed by atoms with van der Waals surface area (Å²) < 4.78 is 79.7. The average Bonchev–Trinajstić information content (AvgIpc) is 3.28. The molecule has 262 valence electrons. The predicted octanol–water partition coefficient (Wildman–Crippen LogP) is 5.10. The molecule has 0 amide bonds. The van der Waals surface area contributed by atoms with Crippen molar-refractivity contribution in [3.63, 3.8) is 0 Å². The van der Waals surface area contributed by atoms with E-state index in [9.17, 15) is 36.4 Å². The summed E-state index contributed by atoms with van der Waals surface area (Å²) in [5.41, 5.74) is -0.694. The van der Waals surface area contributed by atoms with Gasteiger partial charge in [0.15, 0.2) is 6.61 Å². The lowest BCUT2D eigenvalue weighted by molar-refractivity contribution is -0.224. The van der Waals surface area contributed by atoms with Gasteiger partial charge >= 0.3 is 39.2 Å². The largest absolute Gasteiger partial charge is 0.463 e. The Kier molecular flexibility index (Phi) is 10.5. The Bertz CT molecular complexity index is 1300. The molecule has 0 radical (unpaired) electrons. The number of carbonyl (C=O) groups is 4. The van der Waals surface area contributed by atoms with Gasteiger partial charge in [0.2, 0.25) is 0 Å². The van der Waals surface area contributed by atoms with Gasteiger partial charge in [-0.3, -0.25) is 23.7 Å². The van der Waals surface area contributed by atoms with Crippen LogP contribution in [0.5, 0.6) is 0 Å². The smallest absolute Gasteiger partial charge is 0.402 e. The number of ether oxygens (including phenoxy) is 4. The molecule has 4 saturated carbocycles. The first-order valence-corrected chi connectivity index (χ1v) is 17.7. The maximum atomic E-state index is 13.6. The number of carbonyl (C=O) groups excluding carboxylic acids is 4. The molecule has 4 aliphatic rings.